The second-order valence-electron chi connectivity index (χ2n) is 4.82. The average Bonchev–Trinajstić information content (AvgIpc) is 2.39. The van der Waals surface area contributed by atoms with Gasteiger partial charge in [0.15, 0.2) is 7.38 Å². The summed E-state index contributed by atoms with van der Waals surface area (Å²) in [6.45, 7) is 8.93. The van der Waals surface area contributed by atoms with E-state index in [0.29, 0.717) is 5.92 Å². The first-order valence-electron chi connectivity index (χ1n) is 5.42. The van der Waals surface area contributed by atoms with E-state index in [1.54, 1.807) is 0 Å². The van der Waals surface area contributed by atoms with Crippen molar-refractivity contribution in [3.05, 3.63) is 40.6 Å². The molecule has 0 bridgehead atoms. The number of rotatable bonds is 1. The Morgan fingerprint density at radius 3 is 2.33 bits per heavy atom. The van der Waals surface area contributed by atoms with Gasteiger partial charge in [0.1, 0.15) is 0 Å². The Hall–Kier alpha value is -0.533. The monoisotopic (exact) mass is 236 g/mol. The third-order valence-electron chi connectivity index (χ3n) is 3.31. The summed E-state index contributed by atoms with van der Waals surface area (Å²) in [6.07, 6.45) is 0. The first-order valence-corrected chi connectivity index (χ1v) is 9.43. The Labute approximate surface area is 97.7 Å². The molecular weight excluding hydrogens is 220 g/mol. The van der Waals surface area contributed by atoms with Crippen molar-refractivity contribution >= 4 is 24.0 Å². The molecule has 0 radical (unpaired) electrons. The fourth-order valence-corrected chi connectivity index (χ4v) is 5.93. The SMILES string of the molecule is CC1=C([Si](C)(C)Cl)C(C)c2ccccc21. The summed E-state index contributed by atoms with van der Waals surface area (Å²) in [7, 11) is -1.70. The number of benzene rings is 1. The van der Waals surface area contributed by atoms with Gasteiger partial charge in [0.2, 0.25) is 0 Å². The molecule has 1 atom stereocenters. The van der Waals surface area contributed by atoms with Crippen LogP contribution in [0.4, 0.5) is 0 Å². The highest BCUT2D eigenvalue weighted by Crippen LogP contribution is 2.46. The highest BCUT2D eigenvalue weighted by Gasteiger charge is 2.35. The van der Waals surface area contributed by atoms with E-state index in [1.165, 1.54) is 21.9 Å². The molecule has 1 aliphatic carbocycles. The van der Waals surface area contributed by atoms with Gasteiger partial charge in [-0.3, -0.25) is 0 Å². The number of allylic oxidation sites excluding steroid dienone is 2. The van der Waals surface area contributed by atoms with Crippen molar-refractivity contribution in [2.75, 3.05) is 0 Å². The fourth-order valence-electron chi connectivity index (χ4n) is 2.80. The van der Waals surface area contributed by atoms with Crippen LogP contribution in [0.25, 0.3) is 5.57 Å². The van der Waals surface area contributed by atoms with Crippen molar-refractivity contribution in [1.82, 2.24) is 0 Å². The van der Waals surface area contributed by atoms with E-state index in [1.807, 2.05) is 0 Å². The zero-order chi connectivity index (χ0) is 11.2. The van der Waals surface area contributed by atoms with Gasteiger partial charge in [-0.05, 0) is 23.6 Å². The number of hydrogen-bond acceptors (Lipinski definition) is 0. The molecule has 80 valence electrons. The molecule has 1 unspecified atom stereocenters. The summed E-state index contributed by atoms with van der Waals surface area (Å²) in [4.78, 5) is 0. The second-order valence-corrected chi connectivity index (χ2v) is 11.1. The normalized spacial score (nSPS) is 20.7. The van der Waals surface area contributed by atoms with E-state index in [0.717, 1.165) is 0 Å². The van der Waals surface area contributed by atoms with E-state index in [4.69, 9.17) is 11.1 Å². The van der Waals surface area contributed by atoms with Gasteiger partial charge in [-0.2, -0.15) is 11.1 Å². The van der Waals surface area contributed by atoms with Crippen molar-refractivity contribution in [2.24, 2.45) is 0 Å². The largest absolute Gasteiger partial charge is 0.177 e. The first kappa shape index (κ1) is 11.0. The van der Waals surface area contributed by atoms with Crippen LogP contribution in [0.15, 0.2) is 29.5 Å². The number of halogens is 1. The molecule has 0 spiro atoms. The van der Waals surface area contributed by atoms with Crippen LogP contribution in [-0.4, -0.2) is 7.38 Å². The van der Waals surface area contributed by atoms with Crippen LogP contribution < -0.4 is 0 Å². The van der Waals surface area contributed by atoms with E-state index in [2.05, 4.69) is 51.2 Å². The highest BCUT2D eigenvalue weighted by molar-refractivity contribution is 7.23. The molecule has 0 aliphatic heterocycles. The van der Waals surface area contributed by atoms with Crippen LogP contribution in [0.5, 0.6) is 0 Å². The molecule has 2 rings (SSSR count). The van der Waals surface area contributed by atoms with E-state index in [9.17, 15) is 0 Å². The minimum Gasteiger partial charge on any atom is -0.162 e. The molecule has 0 aromatic heterocycles. The summed E-state index contributed by atoms with van der Waals surface area (Å²) < 4.78 is 0. The molecule has 0 saturated heterocycles. The Bertz CT molecular complexity index is 426. The van der Waals surface area contributed by atoms with E-state index < -0.39 is 7.38 Å². The van der Waals surface area contributed by atoms with Crippen molar-refractivity contribution in [3.8, 4) is 0 Å². The quantitative estimate of drug-likeness (QED) is 0.495. The zero-order valence-corrected chi connectivity index (χ0v) is 11.5. The molecule has 0 saturated carbocycles. The van der Waals surface area contributed by atoms with Gasteiger partial charge in [0.25, 0.3) is 0 Å². The molecule has 1 aromatic carbocycles. The average molecular weight is 237 g/mol. The first-order chi connectivity index (χ1) is 6.93. The van der Waals surface area contributed by atoms with Gasteiger partial charge in [-0.25, -0.2) is 0 Å². The Kier molecular flexibility index (Phi) is 2.56. The molecule has 15 heavy (non-hydrogen) atoms. The molecular formula is C13H17ClSi. The summed E-state index contributed by atoms with van der Waals surface area (Å²) >= 11 is 6.60. The van der Waals surface area contributed by atoms with Crippen LogP contribution in [-0.2, 0) is 0 Å². The lowest BCUT2D eigenvalue weighted by atomic mass is 10.0. The van der Waals surface area contributed by atoms with Crippen molar-refractivity contribution in [2.45, 2.75) is 32.9 Å². The smallest absolute Gasteiger partial charge is 0.162 e. The summed E-state index contributed by atoms with van der Waals surface area (Å²) in [6, 6.07) is 8.67. The number of hydrogen-bond donors (Lipinski definition) is 0. The molecule has 0 amide bonds. The van der Waals surface area contributed by atoms with Crippen LogP contribution >= 0.6 is 11.1 Å². The van der Waals surface area contributed by atoms with Crippen LogP contribution in [0.3, 0.4) is 0 Å². The summed E-state index contributed by atoms with van der Waals surface area (Å²) in [5, 5.41) is 1.50. The second kappa shape index (κ2) is 3.50. The van der Waals surface area contributed by atoms with Crippen LogP contribution in [0, 0.1) is 0 Å². The van der Waals surface area contributed by atoms with Crippen LogP contribution in [0.1, 0.15) is 30.9 Å². The Morgan fingerprint density at radius 2 is 1.80 bits per heavy atom. The third kappa shape index (κ3) is 1.68. The summed E-state index contributed by atoms with van der Waals surface area (Å²) in [5.74, 6) is 0.514. The zero-order valence-electron chi connectivity index (χ0n) is 9.76. The topological polar surface area (TPSA) is 0 Å². The fraction of sp³-hybridized carbons (Fsp3) is 0.385. The van der Waals surface area contributed by atoms with Gasteiger partial charge < -0.3 is 0 Å². The lowest BCUT2D eigenvalue weighted by Crippen LogP contribution is -2.23. The molecule has 0 N–H and O–H groups in total. The van der Waals surface area contributed by atoms with Gasteiger partial charge in [0.05, 0.1) is 0 Å². The molecule has 0 heterocycles. The third-order valence-corrected chi connectivity index (χ3v) is 6.01. The van der Waals surface area contributed by atoms with Crippen molar-refractivity contribution in [1.29, 1.82) is 0 Å². The minimum atomic E-state index is -1.70. The summed E-state index contributed by atoms with van der Waals surface area (Å²) in [5.41, 5.74) is 4.28. The van der Waals surface area contributed by atoms with Crippen LogP contribution in [0.2, 0.25) is 13.1 Å². The molecule has 0 fully saturated rings. The maximum atomic E-state index is 6.60. The molecule has 2 heteroatoms. The van der Waals surface area contributed by atoms with Gasteiger partial charge in [-0.15, -0.1) is 0 Å². The highest BCUT2D eigenvalue weighted by atomic mass is 35.6. The lowest BCUT2D eigenvalue weighted by Gasteiger charge is -2.21. The minimum absolute atomic E-state index is 0.514. The van der Waals surface area contributed by atoms with Gasteiger partial charge in [0, 0.05) is 5.92 Å². The molecule has 0 nitrogen and oxygen atoms in total. The maximum Gasteiger partial charge on any atom is 0.177 e. The van der Waals surface area contributed by atoms with E-state index >= 15 is 0 Å². The molecule has 1 aromatic rings. The standard InChI is InChI=1S/C13H17ClSi/c1-9-11-7-5-6-8-12(11)10(2)13(9)15(3,4)14/h5-9H,1-4H3. The van der Waals surface area contributed by atoms with Crippen molar-refractivity contribution < 1.29 is 0 Å². The van der Waals surface area contributed by atoms with E-state index in [-0.39, 0.29) is 0 Å². The maximum absolute atomic E-state index is 6.60. The Balaban J connectivity index is 2.60. The van der Waals surface area contributed by atoms with Gasteiger partial charge >= 0.3 is 0 Å². The lowest BCUT2D eigenvalue weighted by molar-refractivity contribution is 0.962. The van der Waals surface area contributed by atoms with Crippen molar-refractivity contribution in [3.63, 3.8) is 0 Å². The predicted octanol–water partition coefficient (Wildman–Crippen LogP) is 4.56. The van der Waals surface area contributed by atoms with Gasteiger partial charge in [-0.1, -0.05) is 49.5 Å². The predicted molar refractivity (Wildman–Crippen MR) is 70.8 cm³/mol. The number of fused-ring (bicyclic) bond motifs is 1. The Morgan fingerprint density at radius 1 is 1.20 bits per heavy atom. The molecule has 1 aliphatic rings.